The topological polar surface area (TPSA) is 45.9 Å². The molecule has 0 saturated heterocycles. The molecule has 3 rings (SSSR count). The van der Waals surface area contributed by atoms with Gasteiger partial charge in [0.1, 0.15) is 12.4 Å². The molecule has 3 nitrogen and oxygen atoms in total. The van der Waals surface area contributed by atoms with Crippen LogP contribution in [0.2, 0.25) is 0 Å². The Morgan fingerprint density at radius 2 is 2.31 bits per heavy atom. The smallest absolute Gasteiger partial charge is 0.137 e. The van der Waals surface area contributed by atoms with E-state index in [9.17, 15) is 0 Å². The molecular formula is C13H8N2O. The second kappa shape index (κ2) is 3.35. The van der Waals surface area contributed by atoms with E-state index in [2.05, 4.69) is 11.1 Å². The Morgan fingerprint density at radius 1 is 1.38 bits per heavy atom. The zero-order valence-electron chi connectivity index (χ0n) is 8.47. The summed E-state index contributed by atoms with van der Waals surface area (Å²) in [5.41, 5.74) is 2.45. The fourth-order valence-corrected chi connectivity index (χ4v) is 1.84. The van der Waals surface area contributed by atoms with Crippen LogP contribution in [0.3, 0.4) is 0 Å². The van der Waals surface area contributed by atoms with E-state index in [0.717, 1.165) is 22.2 Å². The van der Waals surface area contributed by atoms with Crippen LogP contribution in [0.5, 0.6) is 5.75 Å². The fourth-order valence-electron chi connectivity index (χ4n) is 1.84. The third-order valence-corrected chi connectivity index (χ3v) is 2.60. The van der Waals surface area contributed by atoms with E-state index in [1.54, 1.807) is 12.3 Å². The Balaban J connectivity index is 2.38. The third-order valence-electron chi connectivity index (χ3n) is 2.60. The van der Waals surface area contributed by atoms with Gasteiger partial charge in [0.05, 0.1) is 17.1 Å². The van der Waals surface area contributed by atoms with E-state index in [1.807, 2.05) is 24.3 Å². The first-order valence-electron chi connectivity index (χ1n) is 5.01. The standard InChI is InChI=1S/C13H8N2O/c14-7-9-3-4-12-11(6-9)13-10(8-15-12)2-1-5-16-13/h1-4,6,8H,5H2. The van der Waals surface area contributed by atoms with Crippen molar-refractivity contribution in [3.05, 3.63) is 41.6 Å². The zero-order chi connectivity index (χ0) is 11.0. The molecule has 1 aromatic heterocycles. The minimum absolute atomic E-state index is 0.572. The van der Waals surface area contributed by atoms with Gasteiger partial charge in [-0.05, 0) is 24.3 Å². The normalized spacial score (nSPS) is 12.9. The van der Waals surface area contributed by atoms with Crippen molar-refractivity contribution in [2.24, 2.45) is 0 Å². The number of aromatic nitrogens is 1. The molecule has 1 aromatic carbocycles. The van der Waals surface area contributed by atoms with E-state index in [1.165, 1.54) is 0 Å². The molecule has 0 bridgehead atoms. The number of fused-ring (bicyclic) bond motifs is 3. The van der Waals surface area contributed by atoms with Crippen LogP contribution in [-0.2, 0) is 0 Å². The van der Waals surface area contributed by atoms with Crippen molar-refractivity contribution in [3.63, 3.8) is 0 Å². The molecular weight excluding hydrogens is 200 g/mol. The molecule has 0 unspecified atom stereocenters. The van der Waals surface area contributed by atoms with Gasteiger partial charge in [-0.1, -0.05) is 6.08 Å². The Morgan fingerprint density at radius 3 is 3.19 bits per heavy atom. The first-order valence-corrected chi connectivity index (χ1v) is 5.01. The van der Waals surface area contributed by atoms with Gasteiger partial charge >= 0.3 is 0 Å². The Kier molecular flexibility index (Phi) is 1.87. The lowest BCUT2D eigenvalue weighted by Crippen LogP contribution is -2.01. The van der Waals surface area contributed by atoms with Gasteiger partial charge in [0.15, 0.2) is 0 Å². The first kappa shape index (κ1) is 8.93. The van der Waals surface area contributed by atoms with Crippen LogP contribution in [-0.4, -0.2) is 11.6 Å². The van der Waals surface area contributed by atoms with Crippen molar-refractivity contribution in [1.29, 1.82) is 5.26 Å². The molecule has 1 aliphatic rings. The van der Waals surface area contributed by atoms with Crippen LogP contribution in [0.4, 0.5) is 0 Å². The lowest BCUT2D eigenvalue weighted by molar-refractivity contribution is 0.362. The van der Waals surface area contributed by atoms with Crippen molar-refractivity contribution in [2.45, 2.75) is 0 Å². The molecule has 2 heterocycles. The number of ether oxygens (including phenoxy) is 1. The van der Waals surface area contributed by atoms with E-state index in [4.69, 9.17) is 10.00 Å². The molecule has 0 radical (unpaired) electrons. The lowest BCUT2D eigenvalue weighted by atomic mass is 10.1. The summed E-state index contributed by atoms with van der Waals surface area (Å²) in [6, 6.07) is 7.55. The predicted octanol–water partition coefficient (Wildman–Crippen LogP) is 2.51. The maximum Gasteiger partial charge on any atom is 0.137 e. The molecule has 0 N–H and O–H groups in total. The van der Waals surface area contributed by atoms with Gasteiger partial charge in [-0.2, -0.15) is 5.26 Å². The van der Waals surface area contributed by atoms with Crippen molar-refractivity contribution < 1.29 is 4.74 Å². The third kappa shape index (κ3) is 1.24. The second-order valence-electron chi connectivity index (χ2n) is 3.60. The summed E-state index contributed by atoms with van der Waals surface area (Å²) < 4.78 is 5.60. The minimum atomic E-state index is 0.572. The number of nitriles is 1. The quantitative estimate of drug-likeness (QED) is 0.668. The van der Waals surface area contributed by atoms with Crippen molar-refractivity contribution >= 4 is 17.0 Å². The van der Waals surface area contributed by atoms with Gasteiger partial charge in [-0.15, -0.1) is 0 Å². The number of rotatable bonds is 0. The zero-order valence-corrected chi connectivity index (χ0v) is 8.47. The molecule has 0 fully saturated rings. The molecule has 3 heteroatoms. The molecule has 0 aliphatic carbocycles. The van der Waals surface area contributed by atoms with Gasteiger partial charge in [0, 0.05) is 17.1 Å². The van der Waals surface area contributed by atoms with E-state index in [-0.39, 0.29) is 0 Å². The highest BCUT2D eigenvalue weighted by molar-refractivity contribution is 5.90. The molecule has 0 amide bonds. The molecule has 16 heavy (non-hydrogen) atoms. The van der Waals surface area contributed by atoms with Crippen molar-refractivity contribution in [1.82, 2.24) is 4.98 Å². The average Bonchev–Trinajstić information content (AvgIpc) is 2.38. The minimum Gasteiger partial charge on any atom is -0.488 e. The summed E-state index contributed by atoms with van der Waals surface area (Å²) in [5, 5.41) is 9.78. The number of benzene rings is 1. The summed E-state index contributed by atoms with van der Waals surface area (Å²) >= 11 is 0. The van der Waals surface area contributed by atoms with E-state index < -0.39 is 0 Å². The summed E-state index contributed by atoms with van der Waals surface area (Å²) in [5.74, 6) is 0.824. The molecule has 1 aliphatic heterocycles. The van der Waals surface area contributed by atoms with Crippen molar-refractivity contribution in [2.75, 3.05) is 6.61 Å². The highest BCUT2D eigenvalue weighted by Gasteiger charge is 2.11. The summed E-state index contributed by atoms with van der Waals surface area (Å²) in [6.07, 6.45) is 5.73. The predicted molar refractivity (Wildman–Crippen MR) is 61.0 cm³/mol. The highest BCUT2D eigenvalue weighted by atomic mass is 16.5. The van der Waals surface area contributed by atoms with E-state index in [0.29, 0.717) is 12.2 Å². The van der Waals surface area contributed by atoms with E-state index >= 15 is 0 Å². The first-order chi connectivity index (χ1) is 7.88. The number of hydrogen-bond donors (Lipinski definition) is 0. The van der Waals surface area contributed by atoms with Gasteiger partial charge in [-0.25, -0.2) is 0 Å². The monoisotopic (exact) mass is 208 g/mol. The van der Waals surface area contributed by atoms with Crippen LogP contribution in [0.25, 0.3) is 17.0 Å². The largest absolute Gasteiger partial charge is 0.488 e. The fraction of sp³-hybridized carbons (Fsp3) is 0.0769. The SMILES string of the molecule is N#Cc1ccc2ncc3c(c2c1)OCC=C3. The second-order valence-corrected chi connectivity index (χ2v) is 3.60. The number of pyridine rings is 1. The van der Waals surface area contributed by atoms with Gasteiger partial charge < -0.3 is 4.74 Å². The van der Waals surface area contributed by atoms with Crippen molar-refractivity contribution in [3.8, 4) is 11.8 Å². The molecule has 0 spiro atoms. The molecule has 2 aromatic rings. The lowest BCUT2D eigenvalue weighted by Gasteiger charge is -2.14. The van der Waals surface area contributed by atoms with Gasteiger partial charge in [-0.3, -0.25) is 4.98 Å². The van der Waals surface area contributed by atoms with Gasteiger partial charge in [0.2, 0.25) is 0 Å². The summed E-state index contributed by atoms with van der Waals surface area (Å²) in [4.78, 5) is 4.33. The molecule has 76 valence electrons. The Bertz CT molecular complexity index is 638. The van der Waals surface area contributed by atoms with Gasteiger partial charge in [0.25, 0.3) is 0 Å². The van der Waals surface area contributed by atoms with Crippen LogP contribution in [0.1, 0.15) is 11.1 Å². The van der Waals surface area contributed by atoms with Crippen LogP contribution >= 0.6 is 0 Å². The Hall–Kier alpha value is -2.34. The number of nitrogens with zero attached hydrogens (tertiary/aromatic N) is 2. The molecule has 0 saturated carbocycles. The van der Waals surface area contributed by atoms with Crippen LogP contribution in [0, 0.1) is 11.3 Å². The van der Waals surface area contributed by atoms with Crippen LogP contribution < -0.4 is 4.74 Å². The molecule has 0 atom stereocenters. The summed E-state index contributed by atoms with van der Waals surface area (Å²) in [6.45, 7) is 0.572. The number of hydrogen-bond acceptors (Lipinski definition) is 3. The average molecular weight is 208 g/mol. The summed E-state index contributed by atoms with van der Waals surface area (Å²) in [7, 11) is 0. The maximum atomic E-state index is 8.88. The maximum absolute atomic E-state index is 8.88. The Labute approximate surface area is 92.6 Å². The highest BCUT2D eigenvalue weighted by Crippen LogP contribution is 2.31. The van der Waals surface area contributed by atoms with Crippen LogP contribution in [0.15, 0.2) is 30.5 Å².